The number of ether oxygens (including phenoxy) is 2. The molecule has 30 heavy (non-hydrogen) atoms. The Balaban J connectivity index is 1.61. The Labute approximate surface area is 176 Å². The SMILES string of the molecule is COc1ccc([C@@H]2C3=C(Nc4nnnn42)c2ccccc2O[C@@H]3c2cccs2)cc1. The summed E-state index contributed by atoms with van der Waals surface area (Å²) in [4.78, 5) is 1.13. The molecule has 0 amide bonds. The normalized spacial score (nSPS) is 19.2. The van der Waals surface area contributed by atoms with Gasteiger partial charge in [0.2, 0.25) is 5.95 Å². The second kappa shape index (κ2) is 6.70. The lowest BCUT2D eigenvalue weighted by atomic mass is 9.86. The minimum Gasteiger partial charge on any atom is -0.497 e. The van der Waals surface area contributed by atoms with Crippen molar-refractivity contribution in [3.8, 4) is 11.5 Å². The van der Waals surface area contributed by atoms with Crippen LogP contribution in [0.2, 0.25) is 0 Å². The molecule has 1 N–H and O–H groups in total. The second-order valence-electron chi connectivity index (χ2n) is 7.09. The molecule has 0 bridgehead atoms. The number of hydrogen-bond donors (Lipinski definition) is 1. The predicted molar refractivity (Wildman–Crippen MR) is 114 cm³/mol. The zero-order chi connectivity index (χ0) is 20.1. The minimum atomic E-state index is -0.244. The van der Waals surface area contributed by atoms with Crippen molar-refractivity contribution in [3.63, 3.8) is 0 Å². The van der Waals surface area contributed by atoms with E-state index >= 15 is 0 Å². The van der Waals surface area contributed by atoms with Gasteiger partial charge in [0.1, 0.15) is 17.5 Å². The highest BCUT2D eigenvalue weighted by molar-refractivity contribution is 7.10. The van der Waals surface area contributed by atoms with Gasteiger partial charge in [0.15, 0.2) is 6.10 Å². The van der Waals surface area contributed by atoms with Crippen molar-refractivity contribution in [3.05, 3.63) is 87.6 Å². The van der Waals surface area contributed by atoms with Crippen LogP contribution in [0, 0.1) is 0 Å². The fourth-order valence-corrected chi connectivity index (χ4v) is 4.89. The van der Waals surface area contributed by atoms with E-state index in [4.69, 9.17) is 9.47 Å². The highest BCUT2D eigenvalue weighted by Crippen LogP contribution is 2.51. The third-order valence-electron chi connectivity index (χ3n) is 5.47. The zero-order valence-corrected chi connectivity index (χ0v) is 16.8. The Morgan fingerprint density at radius 3 is 2.73 bits per heavy atom. The molecule has 7 nitrogen and oxygen atoms in total. The summed E-state index contributed by atoms with van der Waals surface area (Å²) in [6.07, 6.45) is -0.244. The number of hydrogen-bond acceptors (Lipinski definition) is 7. The van der Waals surface area contributed by atoms with Gasteiger partial charge >= 0.3 is 0 Å². The summed E-state index contributed by atoms with van der Waals surface area (Å²) in [6, 6.07) is 20.0. The number of nitrogens with zero attached hydrogens (tertiary/aromatic N) is 4. The van der Waals surface area contributed by atoms with Crippen molar-refractivity contribution in [1.82, 2.24) is 20.2 Å². The van der Waals surface area contributed by atoms with Crippen LogP contribution in [0.4, 0.5) is 5.95 Å². The molecule has 148 valence electrons. The van der Waals surface area contributed by atoms with Crippen LogP contribution in [0.1, 0.15) is 28.1 Å². The molecular formula is C22H17N5O2S. The van der Waals surface area contributed by atoms with Gasteiger partial charge in [0, 0.05) is 16.0 Å². The lowest BCUT2D eigenvalue weighted by Gasteiger charge is -2.38. The summed E-state index contributed by atoms with van der Waals surface area (Å²) in [6.45, 7) is 0. The topological polar surface area (TPSA) is 74.1 Å². The molecule has 0 radical (unpaired) electrons. The van der Waals surface area contributed by atoms with Gasteiger partial charge < -0.3 is 14.8 Å². The molecule has 4 heterocycles. The van der Waals surface area contributed by atoms with E-state index in [1.807, 2.05) is 41.1 Å². The minimum absolute atomic E-state index is 0.211. The van der Waals surface area contributed by atoms with Gasteiger partial charge in [-0.05, 0) is 51.7 Å². The number of methoxy groups -OCH3 is 1. The molecular weight excluding hydrogens is 398 g/mol. The van der Waals surface area contributed by atoms with Crippen LogP contribution in [-0.2, 0) is 0 Å². The molecule has 8 heteroatoms. The summed E-state index contributed by atoms with van der Waals surface area (Å²) >= 11 is 1.68. The Morgan fingerprint density at radius 1 is 1.07 bits per heavy atom. The lowest BCUT2D eigenvalue weighted by Crippen LogP contribution is -2.32. The average Bonchev–Trinajstić information content (AvgIpc) is 3.49. The molecule has 0 unspecified atom stereocenters. The number of tetrazole rings is 1. The summed E-state index contributed by atoms with van der Waals surface area (Å²) in [5.41, 5.74) is 4.15. The summed E-state index contributed by atoms with van der Waals surface area (Å²) < 4.78 is 13.7. The van der Waals surface area contributed by atoms with Crippen molar-refractivity contribution in [1.29, 1.82) is 0 Å². The molecule has 0 spiro atoms. The molecule has 0 fully saturated rings. The van der Waals surface area contributed by atoms with Crippen LogP contribution < -0.4 is 14.8 Å². The van der Waals surface area contributed by atoms with Gasteiger partial charge in [0.05, 0.1) is 12.8 Å². The Hall–Kier alpha value is -3.65. The molecule has 2 aliphatic heterocycles. The standard InChI is InChI=1S/C22H17N5O2S/c1-28-14-10-8-13(9-11-14)20-18-19(23-22-24-25-26-27(20)22)15-5-2-3-6-16(15)29-21(18)17-7-4-12-30-17/h2-12,20-21H,1H3,(H,23,24,26)/t20-,21-/m1/s1. The van der Waals surface area contributed by atoms with Crippen molar-refractivity contribution in [2.45, 2.75) is 12.1 Å². The zero-order valence-electron chi connectivity index (χ0n) is 16.0. The molecule has 0 saturated carbocycles. The van der Waals surface area contributed by atoms with E-state index in [2.05, 4.69) is 50.5 Å². The van der Waals surface area contributed by atoms with Crippen LogP contribution in [0.5, 0.6) is 11.5 Å². The first-order valence-electron chi connectivity index (χ1n) is 9.56. The highest BCUT2D eigenvalue weighted by atomic mass is 32.1. The molecule has 6 rings (SSSR count). The number of rotatable bonds is 3. The first kappa shape index (κ1) is 17.2. The predicted octanol–water partition coefficient (Wildman–Crippen LogP) is 4.30. The summed E-state index contributed by atoms with van der Waals surface area (Å²) in [5, 5.41) is 18.0. The molecule has 4 aromatic rings. The number of nitrogens with one attached hydrogen (secondary N) is 1. The maximum atomic E-state index is 6.54. The molecule has 0 aliphatic carbocycles. The van der Waals surface area contributed by atoms with E-state index in [1.165, 1.54) is 0 Å². The van der Waals surface area contributed by atoms with Crippen molar-refractivity contribution >= 4 is 23.0 Å². The molecule has 2 atom stereocenters. The number of benzene rings is 2. The van der Waals surface area contributed by atoms with E-state index in [-0.39, 0.29) is 12.1 Å². The van der Waals surface area contributed by atoms with Crippen LogP contribution in [0.3, 0.4) is 0 Å². The van der Waals surface area contributed by atoms with Gasteiger partial charge in [0.25, 0.3) is 0 Å². The smallest absolute Gasteiger partial charge is 0.248 e. The van der Waals surface area contributed by atoms with Crippen LogP contribution >= 0.6 is 11.3 Å². The maximum absolute atomic E-state index is 6.54. The number of aromatic nitrogens is 4. The highest BCUT2D eigenvalue weighted by Gasteiger charge is 2.41. The van der Waals surface area contributed by atoms with E-state index in [1.54, 1.807) is 18.4 Å². The summed E-state index contributed by atoms with van der Waals surface area (Å²) in [7, 11) is 1.67. The fraction of sp³-hybridized carbons (Fsp3) is 0.136. The van der Waals surface area contributed by atoms with Crippen molar-refractivity contribution in [2.24, 2.45) is 0 Å². The third-order valence-corrected chi connectivity index (χ3v) is 6.39. The van der Waals surface area contributed by atoms with Crippen LogP contribution in [-0.4, -0.2) is 27.3 Å². The number of thiophene rings is 1. The monoisotopic (exact) mass is 415 g/mol. The maximum Gasteiger partial charge on any atom is 0.248 e. The number of anilines is 1. The first-order chi connectivity index (χ1) is 14.8. The van der Waals surface area contributed by atoms with E-state index in [0.717, 1.165) is 38.8 Å². The first-order valence-corrected chi connectivity index (χ1v) is 10.4. The quantitative estimate of drug-likeness (QED) is 0.538. The Kier molecular flexibility index (Phi) is 3.85. The fourth-order valence-electron chi connectivity index (χ4n) is 4.12. The number of fused-ring (bicyclic) bond motifs is 3. The van der Waals surface area contributed by atoms with Crippen molar-refractivity contribution < 1.29 is 9.47 Å². The second-order valence-corrected chi connectivity index (χ2v) is 8.07. The molecule has 2 aliphatic rings. The van der Waals surface area contributed by atoms with Gasteiger partial charge in [-0.1, -0.05) is 35.4 Å². The van der Waals surface area contributed by atoms with E-state index in [9.17, 15) is 0 Å². The van der Waals surface area contributed by atoms with Gasteiger partial charge in [-0.3, -0.25) is 0 Å². The van der Waals surface area contributed by atoms with E-state index < -0.39 is 0 Å². The molecule has 0 saturated heterocycles. The van der Waals surface area contributed by atoms with Crippen LogP contribution in [0.25, 0.3) is 5.70 Å². The molecule has 2 aromatic carbocycles. The lowest BCUT2D eigenvalue weighted by molar-refractivity contribution is 0.226. The third kappa shape index (κ3) is 2.54. The van der Waals surface area contributed by atoms with Crippen LogP contribution in [0.15, 0.2) is 71.6 Å². The largest absolute Gasteiger partial charge is 0.497 e. The van der Waals surface area contributed by atoms with Crippen molar-refractivity contribution in [2.75, 3.05) is 12.4 Å². The van der Waals surface area contributed by atoms with Gasteiger partial charge in [-0.2, -0.15) is 4.68 Å². The van der Waals surface area contributed by atoms with Gasteiger partial charge in [-0.25, -0.2) is 0 Å². The Bertz CT molecular complexity index is 1250. The molecule has 2 aromatic heterocycles. The van der Waals surface area contributed by atoms with E-state index in [0.29, 0.717) is 5.95 Å². The number of para-hydroxylation sites is 1. The average molecular weight is 415 g/mol. The summed E-state index contributed by atoms with van der Waals surface area (Å²) in [5.74, 6) is 2.26. The van der Waals surface area contributed by atoms with Gasteiger partial charge in [-0.15, -0.1) is 11.3 Å². The Morgan fingerprint density at radius 2 is 1.93 bits per heavy atom.